The molecular weight excluding hydrogens is 366 g/mol. The first-order chi connectivity index (χ1) is 14.0. The van der Waals surface area contributed by atoms with E-state index >= 15 is 0 Å². The van der Waals surface area contributed by atoms with E-state index in [1.807, 2.05) is 25.1 Å². The van der Waals surface area contributed by atoms with Crippen LogP contribution in [0, 0.1) is 6.92 Å². The van der Waals surface area contributed by atoms with Crippen LogP contribution in [0.25, 0.3) is 16.8 Å². The van der Waals surface area contributed by atoms with Gasteiger partial charge in [0.15, 0.2) is 5.82 Å². The molecule has 1 aliphatic carbocycles. The maximum atomic E-state index is 12.9. The van der Waals surface area contributed by atoms with Gasteiger partial charge in [-0.1, -0.05) is 29.8 Å². The van der Waals surface area contributed by atoms with E-state index in [0.717, 1.165) is 35.5 Å². The number of aryl methyl sites for hydroxylation is 1. The van der Waals surface area contributed by atoms with Crippen LogP contribution in [0.15, 0.2) is 42.5 Å². The summed E-state index contributed by atoms with van der Waals surface area (Å²) in [5.41, 5.74) is 4.53. The summed E-state index contributed by atoms with van der Waals surface area (Å²) in [6, 6.07) is 13.9. The first kappa shape index (κ1) is 19.3. The van der Waals surface area contributed by atoms with Gasteiger partial charge in [-0.15, -0.1) is 5.10 Å². The van der Waals surface area contributed by atoms with E-state index in [4.69, 9.17) is 4.74 Å². The monoisotopic (exact) mass is 391 g/mol. The van der Waals surface area contributed by atoms with E-state index in [1.54, 1.807) is 11.8 Å². The molecule has 1 aliphatic rings. The number of nitrogens with zero attached hydrogens (tertiary/aromatic N) is 4. The first-order valence-corrected chi connectivity index (χ1v) is 9.85. The van der Waals surface area contributed by atoms with Crippen molar-refractivity contribution in [3.63, 3.8) is 0 Å². The van der Waals surface area contributed by atoms with Gasteiger partial charge in [0.1, 0.15) is 0 Å². The summed E-state index contributed by atoms with van der Waals surface area (Å²) < 4.78 is 6.89. The minimum Gasteiger partial charge on any atom is -0.383 e. The lowest BCUT2D eigenvalue weighted by atomic mass is 10.0. The van der Waals surface area contributed by atoms with Gasteiger partial charge in [-0.25, -0.2) is 0 Å². The minimum absolute atomic E-state index is 0.0888. The third kappa shape index (κ3) is 4.35. The molecule has 1 N–H and O–H groups in total. The number of tetrazole rings is 1. The van der Waals surface area contributed by atoms with Crippen molar-refractivity contribution in [3.05, 3.63) is 59.4 Å². The average molecular weight is 391 g/mol. The molecule has 1 aromatic heterocycles. The fourth-order valence-corrected chi connectivity index (χ4v) is 3.35. The van der Waals surface area contributed by atoms with Gasteiger partial charge in [-0.05, 0) is 66.4 Å². The Hall–Kier alpha value is -3.06. The van der Waals surface area contributed by atoms with Crippen LogP contribution in [0.5, 0.6) is 0 Å². The normalized spacial score (nSPS) is 14.6. The molecule has 3 aromatic rings. The molecule has 1 fully saturated rings. The van der Waals surface area contributed by atoms with Gasteiger partial charge >= 0.3 is 0 Å². The van der Waals surface area contributed by atoms with Crippen molar-refractivity contribution in [2.45, 2.75) is 38.6 Å². The number of hydrogen-bond acceptors (Lipinski definition) is 5. The van der Waals surface area contributed by atoms with Crippen molar-refractivity contribution in [3.8, 4) is 16.8 Å². The Morgan fingerprint density at radius 2 is 1.97 bits per heavy atom. The van der Waals surface area contributed by atoms with Gasteiger partial charge in [0.05, 0.1) is 12.3 Å². The highest BCUT2D eigenvalue weighted by Crippen LogP contribution is 2.39. The van der Waals surface area contributed by atoms with E-state index in [0.29, 0.717) is 18.1 Å². The van der Waals surface area contributed by atoms with Crippen LogP contribution in [-0.4, -0.2) is 45.9 Å². The molecular formula is C22H25N5O2. The Labute approximate surface area is 170 Å². The SMILES string of the molecule is COCC(C)NC(=O)c1cc(-c2ccc(C)cc2)cc(-n2nnnc2C2CC2)c1. The van der Waals surface area contributed by atoms with Gasteiger partial charge in [0, 0.05) is 24.6 Å². The maximum absolute atomic E-state index is 12.9. The summed E-state index contributed by atoms with van der Waals surface area (Å²) >= 11 is 0. The van der Waals surface area contributed by atoms with Gasteiger partial charge in [0.2, 0.25) is 0 Å². The molecule has 1 heterocycles. The number of nitrogens with one attached hydrogen (secondary N) is 1. The second-order valence-corrected chi connectivity index (χ2v) is 7.69. The Morgan fingerprint density at radius 1 is 1.21 bits per heavy atom. The maximum Gasteiger partial charge on any atom is 0.251 e. The molecule has 1 unspecified atom stereocenters. The van der Waals surface area contributed by atoms with Crippen LogP contribution in [0.3, 0.4) is 0 Å². The third-order valence-electron chi connectivity index (χ3n) is 5.04. The Kier molecular flexibility index (Phi) is 5.40. The molecule has 0 aliphatic heterocycles. The van der Waals surface area contributed by atoms with Crippen molar-refractivity contribution >= 4 is 5.91 Å². The standard InChI is InChI=1S/C22H25N5O2/c1-14-4-6-16(7-5-14)18-10-19(22(28)23-15(2)13-29-3)12-20(11-18)27-21(17-8-9-17)24-25-26-27/h4-7,10-12,15,17H,8-9,13H2,1-3H3,(H,23,28). The molecule has 4 rings (SSSR count). The zero-order valence-electron chi connectivity index (χ0n) is 16.9. The minimum atomic E-state index is -0.147. The summed E-state index contributed by atoms with van der Waals surface area (Å²) in [7, 11) is 1.62. The number of amides is 1. The van der Waals surface area contributed by atoms with Crippen molar-refractivity contribution in [2.75, 3.05) is 13.7 Å². The third-order valence-corrected chi connectivity index (χ3v) is 5.04. The quantitative estimate of drug-likeness (QED) is 0.668. The fraction of sp³-hybridized carbons (Fsp3) is 0.364. The Bertz CT molecular complexity index is 1010. The average Bonchev–Trinajstić information content (AvgIpc) is 3.44. The lowest BCUT2D eigenvalue weighted by Crippen LogP contribution is -2.35. The van der Waals surface area contributed by atoms with Crippen molar-refractivity contribution < 1.29 is 9.53 Å². The molecule has 7 nitrogen and oxygen atoms in total. The molecule has 7 heteroatoms. The summed E-state index contributed by atoms with van der Waals surface area (Å²) in [5, 5.41) is 15.2. The molecule has 150 valence electrons. The summed E-state index contributed by atoms with van der Waals surface area (Å²) in [5.74, 6) is 1.10. The number of ether oxygens (including phenoxy) is 1. The molecule has 1 atom stereocenters. The van der Waals surface area contributed by atoms with E-state index in [2.05, 4.69) is 52.0 Å². The van der Waals surface area contributed by atoms with E-state index in [-0.39, 0.29) is 11.9 Å². The molecule has 0 saturated heterocycles. The highest BCUT2D eigenvalue weighted by molar-refractivity contribution is 5.96. The number of carbonyl (C=O) groups is 1. The molecule has 0 bridgehead atoms. The van der Waals surface area contributed by atoms with Gasteiger partial charge in [0.25, 0.3) is 5.91 Å². The molecule has 1 saturated carbocycles. The van der Waals surface area contributed by atoms with Crippen LogP contribution in [0.2, 0.25) is 0 Å². The number of carbonyl (C=O) groups excluding carboxylic acids is 1. The molecule has 0 spiro atoms. The van der Waals surface area contributed by atoms with Crippen molar-refractivity contribution in [2.24, 2.45) is 0 Å². The van der Waals surface area contributed by atoms with Gasteiger partial charge < -0.3 is 10.1 Å². The second-order valence-electron chi connectivity index (χ2n) is 7.69. The van der Waals surface area contributed by atoms with Crippen LogP contribution >= 0.6 is 0 Å². The van der Waals surface area contributed by atoms with Crippen molar-refractivity contribution in [1.29, 1.82) is 0 Å². The fourth-order valence-electron chi connectivity index (χ4n) is 3.35. The predicted molar refractivity (Wildman–Crippen MR) is 110 cm³/mol. The number of rotatable bonds is 7. The number of aromatic nitrogens is 4. The van der Waals surface area contributed by atoms with E-state index in [9.17, 15) is 4.79 Å². The van der Waals surface area contributed by atoms with Crippen molar-refractivity contribution in [1.82, 2.24) is 25.5 Å². The lowest BCUT2D eigenvalue weighted by molar-refractivity contribution is 0.0905. The van der Waals surface area contributed by atoms with Crippen LogP contribution in [0.1, 0.15) is 47.4 Å². The van der Waals surface area contributed by atoms with Gasteiger partial charge in [-0.2, -0.15) is 4.68 Å². The molecule has 29 heavy (non-hydrogen) atoms. The smallest absolute Gasteiger partial charge is 0.251 e. The summed E-state index contributed by atoms with van der Waals surface area (Å²) in [4.78, 5) is 12.9. The highest BCUT2D eigenvalue weighted by atomic mass is 16.5. The number of benzene rings is 2. The molecule has 2 aromatic carbocycles. The zero-order chi connectivity index (χ0) is 20.4. The topological polar surface area (TPSA) is 81.9 Å². The number of hydrogen-bond donors (Lipinski definition) is 1. The Balaban J connectivity index is 1.76. The predicted octanol–water partition coefficient (Wildman–Crippen LogP) is 3.28. The van der Waals surface area contributed by atoms with Gasteiger partial charge in [-0.3, -0.25) is 4.79 Å². The van der Waals surface area contributed by atoms with E-state index < -0.39 is 0 Å². The second kappa shape index (κ2) is 8.13. The largest absolute Gasteiger partial charge is 0.383 e. The highest BCUT2D eigenvalue weighted by Gasteiger charge is 2.30. The molecule has 0 radical (unpaired) electrons. The van der Waals surface area contributed by atoms with E-state index in [1.165, 1.54) is 5.56 Å². The number of methoxy groups -OCH3 is 1. The molecule has 1 amide bonds. The van der Waals surface area contributed by atoms with Crippen LogP contribution in [-0.2, 0) is 4.74 Å². The summed E-state index contributed by atoms with van der Waals surface area (Å²) in [6.07, 6.45) is 2.19. The first-order valence-electron chi connectivity index (χ1n) is 9.85. The Morgan fingerprint density at radius 3 is 2.66 bits per heavy atom. The summed E-state index contributed by atoms with van der Waals surface area (Å²) in [6.45, 7) is 4.42. The van der Waals surface area contributed by atoms with Crippen LogP contribution < -0.4 is 5.32 Å². The zero-order valence-corrected chi connectivity index (χ0v) is 16.9. The lowest BCUT2D eigenvalue weighted by Gasteiger charge is -2.15. The van der Waals surface area contributed by atoms with Crippen LogP contribution in [0.4, 0.5) is 0 Å².